The van der Waals surface area contributed by atoms with Crippen LogP contribution in [0.3, 0.4) is 0 Å². The van der Waals surface area contributed by atoms with E-state index in [0.717, 1.165) is 41.2 Å². The normalized spacial score (nSPS) is 10.9. The van der Waals surface area contributed by atoms with Gasteiger partial charge in [0.1, 0.15) is 10.7 Å². The molecular formula is C20H24N4OS. The van der Waals surface area contributed by atoms with Gasteiger partial charge < -0.3 is 5.32 Å². The minimum absolute atomic E-state index is 0.114. The summed E-state index contributed by atoms with van der Waals surface area (Å²) >= 11 is 1.49. The number of anilines is 1. The third-order valence-corrected chi connectivity index (χ3v) is 5.33. The van der Waals surface area contributed by atoms with Gasteiger partial charge in [-0.3, -0.25) is 4.79 Å². The third kappa shape index (κ3) is 4.38. The van der Waals surface area contributed by atoms with Gasteiger partial charge >= 0.3 is 0 Å². The van der Waals surface area contributed by atoms with Crippen molar-refractivity contribution in [3.05, 3.63) is 63.2 Å². The number of hydrogen-bond donors (Lipinski definition) is 1. The average molecular weight is 369 g/mol. The largest absolute Gasteiger partial charge is 0.306 e. The summed E-state index contributed by atoms with van der Waals surface area (Å²) in [5.74, 6) is 0.594. The minimum Gasteiger partial charge on any atom is -0.306 e. The number of thiazole rings is 1. The molecule has 1 N–H and O–H groups in total. The molecule has 0 fully saturated rings. The monoisotopic (exact) mass is 368 g/mol. The standard InChI is InChI=1S/C20H24N4OS/c1-4-5-11-18-21-15(3)19(26-18)20(25)22-17-12-14(2)23-24(17)13-16-9-7-6-8-10-16/h6-10,12H,4-5,11,13H2,1-3H3,(H,22,25). The Balaban J connectivity index is 1.76. The zero-order valence-electron chi connectivity index (χ0n) is 15.5. The summed E-state index contributed by atoms with van der Waals surface area (Å²) in [6, 6.07) is 12.0. The number of unbranched alkanes of at least 4 members (excludes halogenated alkanes) is 1. The lowest BCUT2D eigenvalue weighted by atomic mass is 10.2. The lowest BCUT2D eigenvalue weighted by molar-refractivity contribution is 0.102. The van der Waals surface area contributed by atoms with Crippen LogP contribution < -0.4 is 5.32 Å². The fourth-order valence-corrected chi connectivity index (χ4v) is 3.80. The number of carbonyl (C=O) groups is 1. The number of carbonyl (C=O) groups excluding carboxylic acids is 1. The number of hydrogen-bond acceptors (Lipinski definition) is 4. The zero-order valence-corrected chi connectivity index (χ0v) is 16.3. The molecule has 26 heavy (non-hydrogen) atoms. The number of nitrogens with zero attached hydrogens (tertiary/aromatic N) is 3. The molecule has 1 aromatic carbocycles. The van der Waals surface area contributed by atoms with E-state index in [2.05, 4.69) is 34.5 Å². The number of aryl methyl sites for hydroxylation is 3. The number of aromatic nitrogens is 3. The topological polar surface area (TPSA) is 59.8 Å². The molecule has 0 aliphatic heterocycles. The molecule has 0 aliphatic carbocycles. The maximum absolute atomic E-state index is 12.8. The van der Waals surface area contributed by atoms with Crippen molar-refractivity contribution in [2.45, 2.75) is 46.6 Å². The molecule has 0 atom stereocenters. The fraction of sp³-hybridized carbons (Fsp3) is 0.350. The molecule has 0 aliphatic rings. The number of rotatable bonds is 7. The van der Waals surface area contributed by atoms with E-state index < -0.39 is 0 Å². The summed E-state index contributed by atoms with van der Waals surface area (Å²) in [5, 5.41) is 8.55. The van der Waals surface area contributed by atoms with Crippen molar-refractivity contribution >= 4 is 23.1 Å². The summed E-state index contributed by atoms with van der Waals surface area (Å²) in [4.78, 5) is 18.0. The zero-order chi connectivity index (χ0) is 18.5. The van der Waals surface area contributed by atoms with Gasteiger partial charge in [0.2, 0.25) is 0 Å². The number of benzene rings is 1. The maximum Gasteiger partial charge on any atom is 0.268 e. The highest BCUT2D eigenvalue weighted by atomic mass is 32.1. The van der Waals surface area contributed by atoms with Crippen LogP contribution in [0, 0.1) is 13.8 Å². The molecule has 2 heterocycles. The number of amides is 1. The van der Waals surface area contributed by atoms with E-state index in [1.54, 1.807) is 0 Å². The van der Waals surface area contributed by atoms with Crippen molar-refractivity contribution < 1.29 is 4.79 Å². The summed E-state index contributed by atoms with van der Waals surface area (Å²) in [6.07, 6.45) is 3.15. The van der Waals surface area contributed by atoms with Crippen molar-refractivity contribution in [2.75, 3.05) is 5.32 Å². The first-order valence-corrected chi connectivity index (χ1v) is 9.74. The smallest absolute Gasteiger partial charge is 0.268 e. The van der Waals surface area contributed by atoms with Crippen LogP contribution in [-0.4, -0.2) is 20.7 Å². The van der Waals surface area contributed by atoms with Gasteiger partial charge in [0.05, 0.1) is 22.9 Å². The van der Waals surface area contributed by atoms with Crippen molar-refractivity contribution in [3.8, 4) is 0 Å². The van der Waals surface area contributed by atoms with E-state index >= 15 is 0 Å². The van der Waals surface area contributed by atoms with E-state index in [1.807, 2.05) is 42.8 Å². The lowest BCUT2D eigenvalue weighted by Gasteiger charge is -2.08. The Bertz CT molecular complexity index is 883. The molecular weight excluding hydrogens is 344 g/mol. The summed E-state index contributed by atoms with van der Waals surface area (Å²) in [7, 11) is 0. The second-order valence-electron chi connectivity index (χ2n) is 6.39. The Morgan fingerprint density at radius 3 is 2.73 bits per heavy atom. The molecule has 136 valence electrons. The van der Waals surface area contributed by atoms with Crippen LogP contribution in [0.25, 0.3) is 0 Å². The molecule has 0 radical (unpaired) electrons. The molecule has 0 saturated heterocycles. The van der Waals surface area contributed by atoms with Crippen molar-refractivity contribution in [2.24, 2.45) is 0 Å². The Morgan fingerprint density at radius 1 is 1.23 bits per heavy atom. The fourth-order valence-electron chi connectivity index (χ4n) is 2.79. The van der Waals surface area contributed by atoms with Crippen molar-refractivity contribution in [3.63, 3.8) is 0 Å². The van der Waals surface area contributed by atoms with Gasteiger partial charge in [-0.25, -0.2) is 9.67 Å². The van der Waals surface area contributed by atoms with E-state index in [0.29, 0.717) is 17.2 Å². The van der Waals surface area contributed by atoms with Crippen LogP contribution in [0.2, 0.25) is 0 Å². The second-order valence-corrected chi connectivity index (χ2v) is 7.48. The van der Waals surface area contributed by atoms with E-state index in [1.165, 1.54) is 11.3 Å². The first kappa shape index (κ1) is 18.3. The van der Waals surface area contributed by atoms with Crippen LogP contribution in [0.5, 0.6) is 0 Å². The van der Waals surface area contributed by atoms with Crippen molar-refractivity contribution in [1.82, 2.24) is 14.8 Å². The number of nitrogens with one attached hydrogen (secondary N) is 1. The molecule has 1 amide bonds. The summed E-state index contributed by atoms with van der Waals surface area (Å²) < 4.78 is 1.83. The van der Waals surface area contributed by atoms with Crippen molar-refractivity contribution in [1.29, 1.82) is 0 Å². The van der Waals surface area contributed by atoms with Gasteiger partial charge in [-0.1, -0.05) is 43.7 Å². The minimum atomic E-state index is -0.114. The van der Waals surface area contributed by atoms with Gasteiger partial charge in [-0.05, 0) is 32.3 Å². The van der Waals surface area contributed by atoms with Crippen LogP contribution in [0.15, 0.2) is 36.4 Å². The predicted octanol–water partition coefficient (Wildman–Crippen LogP) is 4.60. The van der Waals surface area contributed by atoms with E-state index in [4.69, 9.17) is 0 Å². The summed E-state index contributed by atoms with van der Waals surface area (Å²) in [5.41, 5.74) is 2.81. The molecule has 0 spiro atoms. The van der Waals surface area contributed by atoms with Crippen LogP contribution in [-0.2, 0) is 13.0 Å². The Hall–Kier alpha value is -2.47. The molecule has 0 unspecified atom stereocenters. The first-order valence-electron chi connectivity index (χ1n) is 8.93. The van der Waals surface area contributed by atoms with E-state index in [-0.39, 0.29) is 5.91 Å². The Kier molecular flexibility index (Phi) is 5.83. The van der Waals surface area contributed by atoms with Gasteiger partial charge in [0.25, 0.3) is 5.91 Å². The summed E-state index contributed by atoms with van der Waals surface area (Å²) in [6.45, 7) is 6.60. The maximum atomic E-state index is 12.8. The Morgan fingerprint density at radius 2 is 2.00 bits per heavy atom. The van der Waals surface area contributed by atoms with E-state index in [9.17, 15) is 4.79 Å². The molecule has 6 heteroatoms. The highest BCUT2D eigenvalue weighted by molar-refractivity contribution is 7.13. The van der Waals surface area contributed by atoms with Gasteiger partial charge in [0, 0.05) is 6.07 Å². The average Bonchev–Trinajstić information content (AvgIpc) is 3.16. The highest BCUT2D eigenvalue weighted by Crippen LogP contribution is 2.22. The molecule has 0 bridgehead atoms. The molecule has 0 saturated carbocycles. The first-order chi connectivity index (χ1) is 12.6. The third-order valence-electron chi connectivity index (χ3n) is 4.11. The Labute approximate surface area is 158 Å². The molecule has 3 rings (SSSR count). The predicted molar refractivity (Wildman–Crippen MR) is 106 cm³/mol. The lowest BCUT2D eigenvalue weighted by Crippen LogP contribution is -2.16. The quantitative estimate of drug-likeness (QED) is 0.663. The van der Waals surface area contributed by atoms with Crippen LogP contribution in [0.4, 0.5) is 5.82 Å². The van der Waals surface area contributed by atoms with Crippen LogP contribution in [0.1, 0.15) is 51.4 Å². The van der Waals surface area contributed by atoms with Gasteiger partial charge in [0.15, 0.2) is 0 Å². The highest BCUT2D eigenvalue weighted by Gasteiger charge is 2.17. The van der Waals surface area contributed by atoms with Crippen LogP contribution >= 0.6 is 11.3 Å². The molecule has 3 aromatic rings. The SMILES string of the molecule is CCCCc1nc(C)c(C(=O)Nc2cc(C)nn2Cc2ccccc2)s1. The second kappa shape index (κ2) is 8.27. The van der Waals surface area contributed by atoms with Gasteiger partial charge in [-0.2, -0.15) is 5.10 Å². The van der Waals surface area contributed by atoms with Gasteiger partial charge in [-0.15, -0.1) is 11.3 Å². The molecule has 2 aromatic heterocycles. The molecule has 5 nitrogen and oxygen atoms in total.